The van der Waals surface area contributed by atoms with Crippen LogP contribution in [0.3, 0.4) is 0 Å². The van der Waals surface area contributed by atoms with Crippen LogP contribution in [0.4, 0.5) is 5.69 Å². The van der Waals surface area contributed by atoms with Crippen molar-refractivity contribution in [3.8, 4) is 0 Å². The fourth-order valence-electron chi connectivity index (χ4n) is 3.22. The highest BCUT2D eigenvalue weighted by molar-refractivity contribution is 5.89. The zero-order chi connectivity index (χ0) is 14.5. The van der Waals surface area contributed by atoms with Gasteiger partial charge in [-0.15, -0.1) is 0 Å². The second-order valence-electron chi connectivity index (χ2n) is 6.06. The minimum absolute atomic E-state index is 0.251. The Morgan fingerprint density at radius 1 is 1.15 bits per heavy atom. The molecule has 2 atom stereocenters. The number of ether oxygens (including phenoxy) is 1. The second kappa shape index (κ2) is 6.78. The van der Waals surface area contributed by atoms with E-state index in [0.717, 1.165) is 17.5 Å². The van der Waals surface area contributed by atoms with Gasteiger partial charge in [0, 0.05) is 11.7 Å². The summed E-state index contributed by atoms with van der Waals surface area (Å²) in [4.78, 5) is 11.6. The summed E-state index contributed by atoms with van der Waals surface area (Å²) in [6.07, 6.45) is 3.79. The standard InChI is InChI=1S/C17H25NO2/c1-4-20-17(19)14-5-7-15(8-6-14)18-16-10-12(2)9-13(3)11-16/h5-8,12-13,16,18H,4,9-11H2,1-3H3. The van der Waals surface area contributed by atoms with Crippen LogP contribution in [0.15, 0.2) is 24.3 Å². The Bertz CT molecular complexity index is 431. The van der Waals surface area contributed by atoms with E-state index in [9.17, 15) is 4.79 Å². The van der Waals surface area contributed by atoms with Gasteiger partial charge >= 0.3 is 5.97 Å². The van der Waals surface area contributed by atoms with Crippen molar-refractivity contribution in [2.75, 3.05) is 11.9 Å². The summed E-state index contributed by atoms with van der Waals surface area (Å²) in [5.74, 6) is 1.32. The SMILES string of the molecule is CCOC(=O)c1ccc(NC2CC(C)CC(C)C2)cc1. The molecule has 0 saturated heterocycles. The number of rotatable bonds is 4. The normalized spacial score (nSPS) is 26.1. The molecule has 0 heterocycles. The predicted octanol–water partition coefficient (Wildman–Crippen LogP) is 4.10. The second-order valence-corrected chi connectivity index (χ2v) is 6.06. The van der Waals surface area contributed by atoms with Crippen molar-refractivity contribution in [3.63, 3.8) is 0 Å². The molecule has 1 aromatic carbocycles. The number of nitrogens with one attached hydrogen (secondary N) is 1. The van der Waals surface area contributed by atoms with Crippen LogP contribution >= 0.6 is 0 Å². The molecule has 0 bridgehead atoms. The summed E-state index contributed by atoms with van der Waals surface area (Å²) in [7, 11) is 0. The largest absolute Gasteiger partial charge is 0.462 e. The number of benzene rings is 1. The Morgan fingerprint density at radius 2 is 1.75 bits per heavy atom. The smallest absolute Gasteiger partial charge is 0.338 e. The van der Waals surface area contributed by atoms with Gasteiger partial charge in [0.1, 0.15) is 0 Å². The zero-order valence-electron chi connectivity index (χ0n) is 12.7. The van der Waals surface area contributed by atoms with E-state index in [4.69, 9.17) is 4.74 Å². The molecule has 1 aromatic rings. The van der Waals surface area contributed by atoms with Gasteiger partial charge in [0.2, 0.25) is 0 Å². The van der Waals surface area contributed by atoms with Crippen LogP contribution in [0.25, 0.3) is 0 Å². The Balaban J connectivity index is 1.95. The number of esters is 1. The van der Waals surface area contributed by atoms with Gasteiger partial charge in [-0.3, -0.25) is 0 Å². The summed E-state index contributed by atoms with van der Waals surface area (Å²) in [6, 6.07) is 8.14. The van der Waals surface area contributed by atoms with Gasteiger partial charge in [0.05, 0.1) is 12.2 Å². The van der Waals surface area contributed by atoms with Crippen LogP contribution in [0.5, 0.6) is 0 Å². The van der Waals surface area contributed by atoms with Crippen molar-refractivity contribution in [1.82, 2.24) is 0 Å². The Hall–Kier alpha value is -1.51. The third kappa shape index (κ3) is 3.99. The molecule has 1 aliphatic carbocycles. The number of hydrogen-bond donors (Lipinski definition) is 1. The van der Waals surface area contributed by atoms with Gasteiger partial charge in [-0.05, 0) is 62.3 Å². The number of hydrogen-bond acceptors (Lipinski definition) is 3. The maximum atomic E-state index is 11.6. The molecule has 3 heteroatoms. The van der Waals surface area contributed by atoms with E-state index in [1.165, 1.54) is 19.3 Å². The molecule has 1 N–H and O–H groups in total. The molecule has 1 fully saturated rings. The zero-order valence-corrected chi connectivity index (χ0v) is 12.7. The van der Waals surface area contributed by atoms with Crippen molar-refractivity contribution in [1.29, 1.82) is 0 Å². The van der Waals surface area contributed by atoms with Crippen LogP contribution in [-0.2, 0) is 4.74 Å². The number of anilines is 1. The van der Waals surface area contributed by atoms with Crippen LogP contribution in [0, 0.1) is 11.8 Å². The minimum atomic E-state index is -0.251. The summed E-state index contributed by atoms with van der Waals surface area (Å²) in [6.45, 7) is 6.89. The summed E-state index contributed by atoms with van der Waals surface area (Å²) < 4.78 is 4.99. The third-order valence-corrected chi connectivity index (χ3v) is 3.95. The topological polar surface area (TPSA) is 38.3 Å². The van der Waals surface area contributed by atoms with E-state index in [1.807, 2.05) is 31.2 Å². The molecule has 0 amide bonds. The molecule has 0 aromatic heterocycles. The van der Waals surface area contributed by atoms with E-state index < -0.39 is 0 Å². The average Bonchev–Trinajstić information content (AvgIpc) is 2.38. The Morgan fingerprint density at radius 3 is 2.30 bits per heavy atom. The van der Waals surface area contributed by atoms with Crippen LogP contribution in [-0.4, -0.2) is 18.6 Å². The lowest BCUT2D eigenvalue weighted by atomic mass is 9.80. The summed E-state index contributed by atoms with van der Waals surface area (Å²) in [5.41, 5.74) is 1.70. The number of carbonyl (C=O) groups is 1. The first-order chi connectivity index (χ1) is 9.58. The Labute approximate surface area is 121 Å². The molecule has 0 spiro atoms. The molecular formula is C17H25NO2. The lowest BCUT2D eigenvalue weighted by Crippen LogP contribution is -2.30. The first-order valence-electron chi connectivity index (χ1n) is 7.62. The van der Waals surface area contributed by atoms with E-state index >= 15 is 0 Å². The minimum Gasteiger partial charge on any atom is -0.462 e. The molecule has 1 saturated carbocycles. The van der Waals surface area contributed by atoms with Crippen LogP contribution in [0.1, 0.15) is 50.4 Å². The maximum absolute atomic E-state index is 11.6. The fourth-order valence-corrected chi connectivity index (χ4v) is 3.22. The van der Waals surface area contributed by atoms with E-state index in [2.05, 4.69) is 19.2 Å². The molecule has 2 rings (SSSR count). The lowest BCUT2D eigenvalue weighted by molar-refractivity contribution is 0.0526. The molecule has 0 radical (unpaired) electrons. The van der Waals surface area contributed by atoms with Gasteiger partial charge in [0.25, 0.3) is 0 Å². The quantitative estimate of drug-likeness (QED) is 0.841. The summed E-state index contributed by atoms with van der Waals surface area (Å²) >= 11 is 0. The molecule has 110 valence electrons. The first-order valence-corrected chi connectivity index (χ1v) is 7.62. The van der Waals surface area contributed by atoms with Gasteiger partial charge in [-0.25, -0.2) is 4.79 Å². The number of carbonyl (C=O) groups excluding carboxylic acids is 1. The van der Waals surface area contributed by atoms with E-state index in [-0.39, 0.29) is 5.97 Å². The van der Waals surface area contributed by atoms with Gasteiger partial charge in [0.15, 0.2) is 0 Å². The van der Waals surface area contributed by atoms with Gasteiger partial charge in [-0.1, -0.05) is 13.8 Å². The lowest BCUT2D eigenvalue weighted by Gasteiger charge is -2.32. The van der Waals surface area contributed by atoms with Crippen molar-refractivity contribution in [2.45, 2.75) is 46.1 Å². The Kier molecular flexibility index (Phi) is 5.05. The van der Waals surface area contributed by atoms with Crippen molar-refractivity contribution in [3.05, 3.63) is 29.8 Å². The highest BCUT2D eigenvalue weighted by Gasteiger charge is 2.23. The van der Waals surface area contributed by atoms with Crippen LogP contribution < -0.4 is 5.32 Å². The molecule has 2 unspecified atom stereocenters. The fraction of sp³-hybridized carbons (Fsp3) is 0.588. The molecule has 0 aliphatic heterocycles. The van der Waals surface area contributed by atoms with E-state index in [1.54, 1.807) is 0 Å². The maximum Gasteiger partial charge on any atom is 0.338 e. The highest BCUT2D eigenvalue weighted by Crippen LogP contribution is 2.30. The molecule has 3 nitrogen and oxygen atoms in total. The highest BCUT2D eigenvalue weighted by atomic mass is 16.5. The van der Waals surface area contributed by atoms with Crippen LogP contribution in [0.2, 0.25) is 0 Å². The van der Waals surface area contributed by atoms with Gasteiger partial charge in [-0.2, -0.15) is 0 Å². The molecular weight excluding hydrogens is 250 g/mol. The average molecular weight is 275 g/mol. The van der Waals surface area contributed by atoms with Crippen molar-refractivity contribution < 1.29 is 9.53 Å². The van der Waals surface area contributed by atoms with E-state index in [0.29, 0.717) is 18.2 Å². The predicted molar refractivity (Wildman–Crippen MR) is 82.0 cm³/mol. The van der Waals surface area contributed by atoms with Crippen molar-refractivity contribution in [2.24, 2.45) is 11.8 Å². The third-order valence-electron chi connectivity index (χ3n) is 3.95. The van der Waals surface area contributed by atoms with Gasteiger partial charge < -0.3 is 10.1 Å². The molecule has 1 aliphatic rings. The molecule has 20 heavy (non-hydrogen) atoms. The first kappa shape index (κ1) is 14.9. The van der Waals surface area contributed by atoms with Crippen molar-refractivity contribution >= 4 is 11.7 Å². The summed E-state index contributed by atoms with van der Waals surface area (Å²) in [5, 5.41) is 3.59. The monoisotopic (exact) mass is 275 g/mol.